The summed E-state index contributed by atoms with van der Waals surface area (Å²) in [6.07, 6.45) is 11.2. The van der Waals surface area contributed by atoms with Gasteiger partial charge in [0.25, 0.3) is 0 Å². The van der Waals surface area contributed by atoms with E-state index in [1.54, 1.807) is 0 Å². The number of aryl methyl sites for hydroxylation is 2. The molecular formula is C35H43ClN2O2. The fraction of sp³-hybridized carbons (Fsp3) is 0.543. The monoisotopic (exact) mass is 558 g/mol. The number of likely N-dealkylation sites (tertiary alicyclic amines) is 1. The molecule has 2 saturated carbocycles. The van der Waals surface area contributed by atoms with Crippen molar-refractivity contribution in [1.29, 1.82) is 0 Å². The van der Waals surface area contributed by atoms with Crippen molar-refractivity contribution in [1.82, 2.24) is 4.90 Å². The smallest absolute Gasteiger partial charge is 0.307 e. The summed E-state index contributed by atoms with van der Waals surface area (Å²) in [7, 11) is 0. The predicted molar refractivity (Wildman–Crippen MR) is 163 cm³/mol. The summed E-state index contributed by atoms with van der Waals surface area (Å²) in [6, 6.07) is 12.3. The van der Waals surface area contributed by atoms with Crippen molar-refractivity contribution in [3.8, 4) is 11.1 Å². The summed E-state index contributed by atoms with van der Waals surface area (Å²) in [5.41, 5.74) is 6.67. The van der Waals surface area contributed by atoms with Crippen LogP contribution in [0.2, 0.25) is 5.02 Å². The molecule has 0 aromatic heterocycles. The summed E-state index contributed by atoms with van der Waals surface area (Å²) in [5, 5.41) is 4.11. The van der Waals surface area contributed by atoms with Gasteiger partial charge in [-0.1, -0.05) is 57.8 Å². The second-order valence-electron chi connectivity index (χ2n) is 13.3. The summed E-state index contributed by atoms with van der Waals surface area (Å²) < 4.78 is 0. The maximum atomic E-state index is 14.3. The van der Waals surface area contributed by atoms with Crippen LogP contribution < -0.4 is 5.32 Å². The number of benzene rings is 2. The van der Waals surface area contributed by atoms with E-state index >= 15 is 0 Å². The number of piperidine rings is 1. The van der Waals surface area contributed by atoms with Gasteiger partial charge in [0.15, 0.2) is 5.78 Å². The van der Waals surface area contributed by atoms with Crippen molar-refractivity contribution in [3.63, 3.8) is 0 Å². The third-order valence-corrected chi connectivity index (χ3v) is 11.5. The summed E-state index contributed by atoms with van der Waals surface area (Å²) in [5.74, 6) is 1.85. The van der Waals surface area contributed by atoms with E-state index in [1.807, 2.05) is 35.2 Å². The zero-order valence-electron chi connectivity index (χ0n) is 24.5. The lowest BCUT2D eigenvalue weighted by atomic mass is 9.50. The molecule has 4 aliphatic rings. The van der Waals surface area contributed by atoms with Crippen molar-refractivity contribution in [3.05, 3.63) is 64.3 Å². The highest BCUT2D eigenvalue weighted by Crippen LogP contribution is 2.64. The maximum Gasteiger partial charge on any atom is 0.326 e. The number of hydrogen-bond donors (Lipinski definition) is 1. The van der Waals surface area contributed by atoms with Gasteiger partial charge >= 0.3 is 6.03 Å². The number of amides is 2. The lowest BCUT2D eigenvalue weighted by Crippen LogP contribution is -2.59. The SMILES string of the molecule is CCc1cc(-c2ccc(Cl)cc2)cc(CC)c1NC(=O)N1C[C@H]2[C@@H]3CCC[C@@]3(C)CC[C@@H]2[C@@]2(C)CCC(=O)C=C12. The Morgan fingerprint density at radius 2 is 1.68 bits per heavy atom. The molecule has 212 valence electrons. The number of urea groups is 1. The molecule has 1 N–H and O–H groups in total. The number of hydrogen-bond acceptors (Lipinski definition) is 2. The molecule has 40 heavy (non-hydrogen) atoms. The maximum absolute atomic E-state index is 14.3. The molecule has 2 amide bonds. The Labute approximate surface area is 244 Å². The van der Waals surface area contributed by atoms with Gasteiger partial charge in [0.1, 0.15) is 0 Å². The number of nitrogens with zero attached hydrogens (tertiary/aromatic N) is 1. The van der Waals surface area contributed by atoms with Crippen molar-refractivity contribution in [2.75, 3.05) is 11.9 Å². The van der Waals surface area contributed by atoms with Crippen LogP contribution in [-0.2, 0) is 17.6 Å². The molecule has 1 heterocycles. The molecule has 0 bridgehead atoms. The zero-order valence-corrected chi connectivity index (χ0v) is 25.2. The van der Waals surface area contributed by atoms with Gasteiger partial charge in [-0.05, 0) is 115 Å². The van der Waals surface area contributed by atoms with Gasteiger partial charge in [0.05, 0.1) is 0 Å². The fourth-order valence-electron chi connectivity index (χ4n) is 8.96. The number of carbonyl (C=O) groups is 2. The van der Waals surface area contributed by atoms with Crippen LogP contribution in [0.15, 0.2) is 48.2 Å². The number of halogens is 1. The second-order valence-corrected chi connectivity index (χ2v) is 13.7. The van der Waals surface area contributed by atoms with Crippen molar-refractivity contribution < 1.29 is 9.59 Å². The Morgan fingerprint density at radius 3 is 2.35 bits per heavy atom. The lowest BCUT2D eigenvalue weighted by Gasteiger charge is -2.59. The zero-order chi connectivity index (χ0) is 28.2. The van der Waals surface area contributed by atoms with E-state index in [0.717, 1.165) is 64.5 Å². The van der Waals surface area contributed by atoms with Gasteiger partial charge in [-0.3, -0.25) is 9.69 Å². The normalized spacial score (nSPS) is 31.2. The Kier molecular flexibility index (Phi) is 7.14. The minimum absolute atomic E-state index is 0.0838. The highest BCUT2D eigenvalue weighted by molar-refractivity contribution is 6.30. The Bertz CT molecular complexity index is 1340. The molecular weight excluding hydrogens is 516 g/mol. The first kappa shape index (κ1) is 27.6. The van der Waals surface area contributed by atoms with Crippen LogP contribution >= 0.6 is 11.6 Å². The Morgan fingerprint density at radius 1 is 0.975 bits per heavy atom. The highest BCUT2D eigenvalue weighted by atomic mass is 35.5. The molecule has 2 aromatic rings. The molecule has 3 fully saturated rings. The molecule has 1 aliphatic heterocycles. The third kappa shape index (κ3) is 4.51. The highest BCUT2D eigenvalue weighted by Gasteiger charge is 2.58. The fourth-order valence-corrected chi connectivity index (χ4v) is 9.09. The number of rotatable bonds is 4. The van der Waals surface area contributed by atoms with Gasteiger partial charge in [-0.2, -0.15) is 0 Å². The minimum atomic E-state index is -0.127. The van der Waals surface area contributed by atoms with Crippen LogP contribution in [0, 0.1) is 28.6 Å². The van der Waals surface area contributed by atoms with Crippen molar-refractivity contribution in [2.24, 2.45) is 28.6 Å². The van der Waals surface area contributed by atoms with Crippen LogP contribution in [-0.4, -0.2) is 23.3 Å². The quantitative estimate of drug-likeness (QED) is 0.407. The van der Waals surface area contributed by atoms with Gasteiger partial charge in [0, 0.05) is 40.9 Å². The molecule has 1 saturated heterocycles. The number of fused-ring (bicyclic) bond motifs is 5. The first-order chi connectivity index (χ1) is 19.2. The summed E-state index contributed by atoms with van der Waals surface area (Å²) in [6.45, 7) is 9.84. The first-order valence-electron chi connectivity index (χ1n) is 15.4. The molecule has 5 atom stereocenters. The Hall–Kier alpha value is -2.59. The predicted octanol–water partition coefficient (Wildman–Crippen LogP) is 9.07. The molecule has 0 radical (unpaired) electrons. The standard InChI is InChI=1S/C35H43ClN2O2/c1-5-22-18-25(24-9-11-26(36)12-10-24)19-23(6-2)32(22)37-33(40)38-21-28-29-8-7-15-34(29,3)16-14-30(28)35(4)17-13-27(39)20-31(35)38/h9-12,18-20,28-30H,5-8,13-17,21H2,1-4H3,(H,37,40)/t28-,29-,30-,34-,35+/m0/s1. The third-order valence-electron chi connectivity index (χ3n) is 11.2. The molecule has 0 unspecified atom stereocenters. The van der Waals surface area contributed by atoms with E-state index in [9.17, 15) is 9.59 Å². The van der Waals surface area contributed by atoms with Crippen molar-refractivity contribution >= 4 is 29.1 Å². The first-order valence-corrected chi connectivity index (χ1v) is 15.8. The van der Waals surface area contributed by atoms with E-state index < -0.39 is 0 Å². The van der Waals surface area contributed by atoms with E-state index in [1.165, 1.54) is 32.1 Å². The van der Waals surface area contributed by atoms with E-state index in [4.69, 9.17) is 11.6 Å². The molecule has 3 aliphatic carbocycles. The largest absolute Gasteiger partial charge is 0.326 e. The van der Waals surface area contributed by atoms with Crippen LogP contribution in [0.3, 0.4) is 0 Å². The van der Waals surface area contributed by atoms with Crippen LogP contribution in [0.5, 0.6) is 0 Å². The summed E-state index contributed by atoms with van der Waals surface area (Å²) >= 11 is 6.14. The van der Waals surface area contributed by atoms with Crippen LogP contribution in [0.25, 0.3) is 11.1 Å². The Balaban J connectivity index is 1.36. The van der Waals surface area contributed by atoms with Crippen LogP contribution in [0.1, 0.15) is 83.8 Å². The van der Waals surface area contributed by atoms with Gasteiger partial charge in [-0.25, -0.2) is 4.79 Å². The molecule has 0 spiro atoms. The van der Waals surface area contributed by atoms with E-state index in [-0.39, 0.29) is 17.2 Å². The van der Waals surface area contributed by atoms with Gasteiger partial charge < -0.3 is 5.32 Å². The molecule has 6 rings (SSSR count). The second kappa shape index (κ2) is 10.4. The summed E-state index contributed by atoms with van der Waals surface area (Å²) in [4.78, 5) is 29.0. The number of ketones is 1. The number of anilines is 1. The van der Waals surface area contributed by atoms with Gasteiger partial charge in [0.2, 0.25) is 0 Å². The number of nitrogens with one attached hydrogen (secondary N) is 1. The van der Waals surface area contributed by atoms with E-state index in [2.05, 4.69) is 45.1 Å². The number of allylic oxidation sites excluding steroid dienone is 2. The molecule has 2 aromatic carbocycles. The topological polar surface area (TPSA) is 49.4 Å². The van der Waals surface area contributed by atoms with Crippen LogP contribution in [0.4, 0.5) is 10.5 Å². The van der Waals surface area contributed by atoms with Crippen molar-refractivity contribution in [2.45, 2.75) is 85.5 Å². The number of carbonyl (C=O) groups excluding carboxylic acids is 2. The average molecular weight is 559 g/mol. The van der Waals surface area contributed by atoms with E-state index in [0.29, 0.717) is 29.6 Å². The minimum Gasteiger partial charge on any atom is -0.307 e. The molecule has 5 heteroatoms. The average Bonchev–Trinajstić information content (AvgIpc) is 3.35. The lowest BCUT2D eigenvalue weighted by molar-refractivity contribution is -0.118. The molecule has 4 nitrogen and oxygen atoms in total. The van der Waals surface area contributed by atoms with Gasteiger partial charge in [-0.15, -0.1) is 0 Å².